The fourth-order valence-electron chi connectivity index (χ4n) is 3.47. The van der Waals surface area contributed by atoms with E-state index in [4.69, 9.17) is 0 Å². The van der Waals surface area contributed by atoms with E-state index in [-0.39, 0.29) is 18.3 Å². The monoisotopic (exact) mass is 409 g/mol. The van der Waals surface area contributed by atoms with Crippen molar-refractivity contribution in [1.82, 2.24) is 0 Å². The molecule has 0 bridgehead atoms. The second kappa shape index (κ2) is 7.46. The number of anilines is 1. The van der Waals surface area contributed by atoms with Crippen LogP contribution in [0.5, 0.6) is 0 Å². The van der Waals surface area contributed by atoms with E-state index < -0.39 is 23.4 Å². The predicted octanol–water partition coefficient (Wildman–Crippen LogP) is 3.40. The van der Waals surface area contributed by atoms with Gasteiger partial charge in [0, 0.05) is 16.9 Å². The van der Waals surface area contributed by atoms with Crippen molar-refractivity contribution in [2.24, 2.45) is 0 Å². The number of carbonyl (C=O) groups excluding carboxylic acids is 1. The fourth-order valence-corrected chi connectivity index (χ4v) is 5.29. The Morgan fingerprint density at radius 3 is 2.74 bits per heavy atom. The number of quaternary nitrogens is 1. The summed E-state index contributed by atoms with van der Waals surface area (Å²) in [5, 5.41) is 6.44. The number of halogens is 3. The number of carbonyl (C=O) groups is 1. The Labute approximate surface area is 162 Å². The van der Waals surface area contributed by atoms with E-state index >= 15 is 0 Å². The molecular weight excluding hydrogens is 393 g/mol. The molecule has 2 atom stereocenters. The summed E-state index contributed by atoms with van der Waals surface area (Å²) in [6.07, 6.45) is 0.872. The minimum absolute atomic E-state index is 0.0422. The SMILES string of the molecule is O=C(C[NH+]1CCc2sccc2[C@H]1c1cccs1)Nc1ccc(F)c(F)c1F. The quantitative estimate of drug-likeness (QED) is 0.637. The molecule has 3 heterocycles. The first-order chi connectivity index (χ1) is 13.0. The Morgan fingerprint density at radius 2 is 1.96 bits per heavy atom. The number of nitrogens with one attached hydrogen (secondary N) is 2. The van der Waals surface area contributed by atoms with Crippen molar-refractivity contribution in [2.75, 3.05) is 18.4 Å². The maximum Gasteiger partial charge on any atom is 0.279 e. The largest absolute Gasteiger partial charge is 0.319 e. The number of thiophene rings is 2. The van der Waals surface area contributed by atoms with Gasteiger partial charge in [-0.3, -0.25) is 4.79 Å². The maximum absolute atomic E-state index is 13.8. The summed E-state index contributed by atoms with van der Waals surface area (Å²) in [4.78, 5) is 16.0. The minimum Gasteiger partial charge on any atom is -0.319 e. The summed E-state index contributed by atoms with van der Waals surface area (Å²) in [5.41, 5.74) is 0.870. The highest BCUT2D eigenvalue weighted by molar-refractivity contribution is 7.10. The van der Waals surface area contributed by atoms with E-state index in [0.717, 1.165) is 34.9 Å². The smallest absolute Gasteiger partial charge is 0.279 e. The van der Waals surface area contributed by atoms with E-state index in [9.17, 15) is 18.0 Å². The number of amides is 1. The van der Waals surface area contributed by atoms with Crippen LogP contribution in [0.4, 0.5) is 18.9 Å². The van der Waals surface area contributed by atoms with E-state index in [1.807, 2.05) is 11.4 Å². The van der Waals surface area contributed by atoms with Gasteiger partial charge in [0.05, 0.1) is 17.1 Å². The second-order valence-electron chi connectivity index (χ2n) is 6.35. The van der Waals surface area contributed by atoms with Crippen molar-refractivity contribution < 1.29 is 22.9 Å². The topological polar surface area (TPSA) is 33.5 Å². The summed E-state index contributed by atoms with van der Waals surface area (Å²) in [7, 11) is 0. The average molecular weight is 409 g/mol. The van der Waals surface area contributed by atoms with Crippen LogP contribution >= 0.6 is 22.7 Å². The Bertz CT molecular complexity index is 972. The van der Waals surface area contributed by atoms with Gasteiger partial charge in [0.15, 0.2) is 24.0 Å². The van der Waals surface area contributed by atoms with Crippen LogP contribution in [0.25, 0.3) is 0 Å². The van der Waals surface area contributed by atoms with Crippen LogP contribution in [-0.2, 0) is 11.2 Å². The molecule has 0 saturated carbocycles. The molecule has 27 heavy (non-hydrogen) atoms. The predicted molar refractivity (Wildman–Crippen MR) is 99.8 cm³/mol. The van der Waals surface area contributed by atoms with E-state index in [1.54, 1.807) is 22.7 Å². The molecule has 2 aromatic heterocycles. The van der Waals surface area contributed by atoms with Gasteiger partial charge in [-0.05, 0) is 35.0 Å². The summed E-state index contributed by atoms with van der Waals surface area (Å²) in [6, 6.07) is 8.00. The van der Waals surface area contributed by atoms with Crippen LogP contribution in [0.15, 0.2) is 41.1 Å². The van der Waals surface area contributed by atoms with Crippen molar-refractivity contribution in [2.45, 2.75) is 12.5 Å². The third kappa shape index (κ3) is 3.52. The highest BCUT2D eigenvalue weighted by Crippen LogP contribution is 2.31. The molecule has 8 heteroatoms. The van der Waals surface area contributed by atoms with E-state index in [0.29, 0.717) is 0 Å². The van der Waals surface area contributed by atoms with E-state index in [2.05, 4.69) is 22.8 Å². The zero-order chi connectivity index (χ0) is 19.0. The highest BCUT2D eigenvalue weighted by Gasteiger charge is 2.35. The molecule has 1 unspecified atom stereocenters. The molecule has 1 aliphatic heterocycles. The lowest BCUT2D eigenvalue weighted by molar-refractivity contribution is -0.919. The molecule has 4 rings (SSSR count). The standard InChI is InChI=1S/C19H15F3N2OS2/c20-12-3-4-13(18(22)17(12)21)23-16(25)10-24-7-5-14-11(6-9-27-14)19(24)15-2-1-8-26-15/h1-4,6,8-9,19H,5,7,10H2,(H,23,25)/p+1/t19-/m0/s1. The third-order valence-electron chi connectivity index (χ3n) is 4.70. The molecular formula is C19H16F3N2OS2+. The van der Waals surface area contributed by atoms with Gasteiger partial charge in [-0.15, -0.1) is 22.7 Å². The number of hydrogen-bond acceptors (Lipinski definition) is 3. The fraction of sp³-hybridized carbons (Fsp3) is 0.211. The summed E-state index contributed by atoms with van der Waals surface area (Å²) in [6.45, 7) is 0.875. The maximum atomic E-state index is 13.8. The molecule has 3 aromatic rings. The summed E-state index contributed by atoms with van der Waals surface area (Å²) < 4.78 is 40.3. The molecule has 1 aromatic carbocycles. The molecule has 140 valence electrons. The number of benzene rings is 1. The van der Waals surface area contributed by atoms with Crippen LogP contribution in [0.1, 0.15) is 21.4 Å². The van der Waals surface area contributed by atoms with Crippen LogP contribution < -0.4 is 10.2 Å². The lowest BCUT2D eigenvalue weighted by Crippen LogP contribution is -3.14. The zero-order valence-corrected chi connectivity index (χ0v) is 15.7. The first-order valence-corrected chi connectivity index (χ1v) is 10.2. The molecule has 0 saturated heterocycles. The molecule has 0 fully saturated rings. The first kappa shape index (κ1) is 18.2. The van der Waals surface area contributed by atoms with Crippen molar-refractivity contribution in [3.63, 3.8) is 0 Å². The lowest BCUT2D eigenvalue weighted by Gasteiger charge is -2.31. The van der Waals surface area contributed by atoms with Crippen molar-refractivity contribution in [3.05, 3.63) is 73.9 Å². The van der Waals surface area contributed by atoms with Crippen LogP contribution in [0, 0.1) is 17.5 Å². The lowest BCUT2D eigenvalue weighted by atomic mass is 9.98. The first-order valence-electron chi connectivity index (χ1n) is 8.42. The Morgan fingerprint density at radius 1 is 1.11 bits per heavy atom. The molecule has 0 aliphatic carbocycles. The molecule has 3 nitrogen and oxygen atoms in total. The van der Waals surface area contributed by atoms with Crippen LogP contribution in [-0.4, -0.2) is 19.0 Å². The number of rotatable bonds is 4. The van der Waals surface area contributed by atoms with Gasteiger partial charge in [-0.25, -0.2) is 13.2 Å². The van der Waals surface area contributed by atoms with Crippen LogP contribution in [0.2, 0.25) is 0 Å². The average Bonchev–Trinajstić information content (AvgIpc) is 3.33. The van der Waals surface area contributed by atoms with Crippen molar-refractivity contribution in [1.29, 1.82) is 0 Å². The Kier molecular flexibility index (Phi) is 5.03. The Balaban J connectivity index is 1.55. The van der Waals surface area contributed by atoms with Gasteiger partial charge < -0.3 is 10.2 Å². The van der Waals surface area contributed by atoms with E-state index in [1.165, 1.54) is 10.4 Å². The molecule has 1 amide bonds. The third-order valence-corrected chi connectivity index (χ3v) is 6.63. The molecule has 2 N–H and O–H groups in total. The number of fused-ring (bicyclic) bond motifs is 1. The molecule has 0 radical (unpaired) electrons. The minimum atomic E-state index is -1.59. The number of hydrogen-bond donors (Lipinski definition) is 2. The van der Waals surface area contributed by atoms with Gasteiger partial charge in [0.25, 0.3) is 5.91 Å². The highest BCUT2D eigenvalue weighted by atomic mass is 32.1. The summed E-state index contributed by atoms with van der Waals surface area (Å²) in [5.74, 6) is -4.69. The van der Waals surface area contributed by atoms with Gasteiger partial charge in [-0.1, -0.05) is 6.07 Å². The van der Waals surface area contributed by atoms with Crippen LogP contribution in [0.3, 0.4) is 0 Å². The molecule has 1 aliphatic rings. The summed E-state index contributed by atoms with van der Waals surface area (Å²) >= 11 is 3.36. The normalized spacial score (nSPS) is 18.9. The zero-order valence-electron chi connectivity index (χ0n) is 14.1. The van der Waals surface area contributed by atoms with Gasteiger partial charge in [-0.2, -0.15) is 0 Å². The van der Waals surface area contributed by atoms with Crippen molar-refractivity contribution >= 4 is 34.3 Å². The Hall–Kier alpha value is -2.16. The van der Waals surface area contributed by atoms with Gasteiger partial charge >= 0.3 is 0 Å². The molecule has 0 spiro atoms. The van der Waals surface area contributed by atoms with Gasteiger partial charge in [0.1, 0.15) is 6.04 Å². The second-order valence-corrected chi connectivity index (χ2v) is 8.33. The van der Waals surface area contributed by atoms with Gasteiger partial charge in [0.2, 0.25) is 0 Å². The van der Waals surface area contributed by atoms with Crippen molar-refractivity contribution in [3.8, 4) is 0 Å².